The fraction of sp³-hybridized carbons (Fsp3) is 1.00. The highest BCUT2D eigenvalue weighted by Crippen LogP contribution is 2.58. The summed E-state index contributed by atoms with van der Waals surface area (Å²) >= 11 is 0. The van der Waals surface area contributed by atoms with Crippen LogP contribution in [0.15, 0.2) is 0 Å². The Labute approximate surface area is 116 Å². The second kappa shape index (κ2) is 6.96. The van der Waals surface area contributed by atoms with Crippen LogP contribution in [0.25, 0.3) is 0 Å². The minimum Gasteiger partial charge on any atom is -0.0654 e. The second-order valence-electron chi connectivity index (χ2n) is 7.25. The Hall–Kier alpha value is 0. The van der Waals surface area contributed by atoms with Crippen molar-refractivity contribution in [3.8, 4) is 0 Å². The molecule has 0 bridgehead atoms. The molecule has 1 fully saturated rings. The van der Waals surface area contributed by atoms with Gasteiger partial charge in [0.1, 0.15) is 0 Å². The molecule has 0 aliphatic heterocycles. The topological polar surface area (TPSA) is 0 Å². The molecule has 4 unspecified atom stereocenters. The van der Waals surface area contributed by atoms with Crippen LogP contribution in [0.2, 0.25) is 0 Å². The van der Waals surface area contributed by atoms with Gasteiger partial charge in [-0.25, -0.2) is 0 Å². The predicted octanol–water partition coefficient (Wildman–Crippen LogP) is 6.30. The Kier molecular flexibility index (Phi) is 6.21. The molecule has 0 nitrogen and oxygen atoms in total. The Bertz CT molecular complexity index is 228. The molecule has 0 aromatic rings. The third-order valence-electron chi connectivity index (χ3n) is 5.94. The molecule has 0 heteroatoms. The zero-order valence-electron chi connectivity index (χ0n) is 13.8. The van der Waals surface area contributed by atoms with Crippen LogP contribution in [0.5, 0.6) is 0 Å². The zero-order valence-corrected chi connectivity index (χ0v) is 13.8. The summed E-state index contributed by atoms with van der Waals surface area (Å²) in [7, 11) is 0. The van der Waals surface area contributed by atoms with Crippen molar-refractivity contribution < 1.29 is 0 Å². The van der Waals surface area contributed by atoms with E-state index in [0.717, 1.165) is 23.7 Å². The number of unbranched alkanes of at least 4 members (excludes halogenated alkanes) is 2. The Morgan fingerprint density at radius 3 is 1.89 bits per heavy atom. The van der Waals surface area contributed by atoms with Crippen molar-refractivity contribution in [3.63, 3.8) is 0 Å². The van der Waals surface area contributed by atoms with E-state index in [9.17, 15) is 0 Å². The summed E-state index contributed by atoms with van der Waals surface area (Å²) in [6.45, 7) is 14.8. The van der Waals surface area contributed by atoms with Crippen molar-refractivity contribution in [3.05, 3.63) is 0 Å². The first-order chi connectivity index (χ1) is 8.50. The summed E-state index contributed by atoms with van der Waals surface area (Å²) in [6, 6.07) is 0. The van der Waals surface area contributed by atoms with Crippen molar-refractivity contribution in [2.75, 3.05) is 0 Å². The monoisotopic (exact) mass is 252 g/mol. The fourth-order valence-electron chi connectivity index (χ4n) is 4.96. The first-order valence-electron chi connectivity index (χ1n) is 8.50. The molecule has 0 aromatic carbocycles. The lowest BCUT2D eigenvalue weighted by Gasteiger charge is -2.34. The standard InChI is InChI=1S/C18H36/c1-7-10-12-15-14(4)17(13-11-8-2)18(5,6)16(15)9-3/h14-17H,7-13H2,1-6H3. The van der Waals surface area contributed by atoms with Gasteiger partial charge in [0.2, 0.25) is 0 Å². The lowest BCUT2D eigenvalue weighted by Crippen LogP contribution is -2.26. The summed E-state index contributed by atoms with van der Waals surface area (Å²) in [5, 5.41) is 0. The van der Waals surface area contributed by atoms with Crippen molar-refractivity contribution in [1.82, 2.24) is 0 Å². The normalized spacial score (nSPS) is 35.0. The van der Waals surface area contributed by atoms with Crippen molar-refractivity contribution in [2.45, 2.75) is 86.5 Å². The van der Waals surface area contributed by atoms with Gasteiger partial charge in [-0.3, -0.25) is 0 Å². The highest BCUT2D eigenvalue weighted by molar-refractivity contribution is 4.99. The van der Waals surface area contributed by atoms with Crippen LogP contribution in [-0.4, -0.2) is 0 Å². The SMILES string of the molecule is CCCCC1C(C)C(CCCC)C(C)(C)C1CC. The number of rotatable bonds is 7. The van der Waals surface area contributed by atoms with E-state index in [1.807, 2.05) is 0 Å². The third kappa shape index (κ3) is 3.11. The predicted molar refractivity (Wildman–Crippen MR) is 82.8 cm³/mol. The van der Waals surface area contributed by atoms with Gasteiger partial charge in [0.25, 0.3) is 0 Å². The van der Waals surface area contributed by atoms with Gasteiger partial charge in [0, 0.05) is 0 Å². The highest BCUT2D eigenvalue weighted by atomic mass is 14.6. The summed E-state index contributed by atoms with van der Waals surface area (Å²) in [6.07, 6.45) is 9.90. The zero-order chi connectivity index (χ0) is 13.8. The van der Waals surface area contributed by atoms with Crippen LogP contribution < -0.4 is 0 Å². The molecule has 0 saturated heterocycles. The number of hydrogen-bond donors (Lipinski definition) is 0. The van der Waals surface area contributed by atoms with Crippen molar-refractivity contribution >= 4 is 0 Å². The quantitative estimate of drug-likeness (QED) is 0.498. The fourth-order valence-corrected chi connectivity index (χ4v) is 4.96. The van der Waals surface area contributed by atoms with E-state index in [-0.39, 0.29) is 0 Å². The lowest BCUT2D eigenvalue weighted by molar-refractivity contribution is 0.149. The van der Waals surface area contributed by atoms with Crippen LogP contribution in [0.1, 0.15) is 86.5 Å². The summed E-state index contributed by atoms with van der Waals surface area (Å²) in [4.78, 5) is 0. The van der Waals surface area contributed by atoms with Crippen LogP contribution in [-0.2, 0) is 0 Å². The van der Waals surface area contributed by atoms with Gasteiger partial charge in [0.15, 0.2) is 0 Å². The van der Waals surface area contributed by atoms with Crippen LogP contribution in [0.3, 0.4) is 0 Å². The molecule has 1 rings (SSSR count). The third-order valence-corrected chi connectivity index (χ3v) is 5.94. The maximum atomic E-state index is 2.56. The first-order valence-corrected chi connectivity index (χ1v) is 8.50. The van der Waals surface area contributed by atoms with E-state index in [2.05, 4.69) is 41.5 Å². The van der Waals surface area contributed by atoms with E-state index in [4.69, 9.17) is 0 Å². The van der Waals surface area contributed by atoms with Gasteiger partial charge >= 0.3 is 0 Å². The van der Waals surface area contributed by atoms with E-state index < -0.39 is 0 Å². The lowest BCUT2D eigenvalue weighted by atomic mass is 9.71. The molecule has 0 spiro atoms. The molecule has 0 radical (unpaired) electrons. The van der Waals surface area contributed by atoms with Gasteiger partial charge in [-0.2, -0.15) is 0 Å². The summed E-state index contributed by atoms with van der Waals surface area (Å²) in [5.74, 6) is 3.86. The van der Waals surface area contributed by atoms with Gasteiger partial charge in [-0.05, 0) is 41.9 Å². The van der Waals surface area contributed by atoms with Gasteiger partial charge in [0.05, 0.1) is 0 Å². The van der Waals surface area contributed by atoms with E-state index in [1.54, 1.807) is 0 Å². The molecule has 0 N–H and O–H groups in total. The maximum absolute atomic E-state index is 2.56. The van der Waals surface area contributed by atoms with Gasteiger partial charge < -0.3 is 0 Å². The Morgan fingerprint density at radius 2 is 1.39 bits per heavy atom. The van der Waals surface area contributed by atoms with E-state index in [1.165, 1.54) is 44.9 Å². The minimum absolute atomic E-state index is 0.571. The maximum Gasteiger partial charge on any atom is -0.0292 e. The number of hydrogen-bond acceptors (Lipinski definition) is 0. The average Bonchev–Trinajstić information content (AvgIpc) is 2.51. The van der Waals surface area contributed by atoms with Crippen LogP contribution in [0, 0.1) is 29.1 Å². The highest BCUT2D eigenvalue weighted by Gasteiger charge is 2.51. The molecule has 108 valence electrons. The first kappa shape index (κ1) is 16.1. The van der Waals surface area contributed by atoms with Gasteiger partial charge in [-0.1, -0.05) is 73.6 Å². The summed E-state index contributed by atoms with van der Waals surface area (Å²) < 4.78 is 0. The van der Waals surface area contributed by atoms with Crippen molar-refractivity contribution in [1.29, 1.82) is 0 Å². The van der Waals surface area contributed by atoms with Crippen LogP contribution >= 0.6 is 0 Å². The molecule has 0 aromatic heterocycles. The van der Waals surface area contributed by atoms with Gasteiger partial charge in [-0.15, -0.1) is 0 Å². The van der Waals surface area contributed by atoms with Crippen molar-refractivity contribution in [2.24, 2.45) is 29.1 Å². The molecule has 18 heavy (non-hydrogen) atoms. The second-order valence-corrected chi connectivity index (χ2v) is 7.25. The van der Waals surface area contributed by atoms with E-state index in [0.29, 0.717) is 5.41 Å². The molecular formula is C18H36. The molecule has 1 aliphatic rings. The molecule has 4 atom stereocenters. The molecular weight excluding hydrogens is 216 g/mol. The average molecular weight is 252 g/mol. The van der Waals surface area contributed by atoms with E-state index >= 15 is 0 Å². The minimum atomic E-state index is 0.571. The molecule has 1 aliphatic carbocycles. The smallest absolute Gasteiger partial charge is 0.0292 e. The molecule has 0 amide bonds. The molecule has 0 heterocycles. The largest absolute Gasteiger partial charge is 0.0654 e. The Balaban J connectivity index is 2.80. The molecule has 1 saturated carbocycles. The van der Waals surface area contributed by atoms with Crippen LogP contribution in [0.4, 0.5) is 0 Å². The Morgan fingerprint density at radius 1 is 0.833 bits per heavy atom. The summed E-state index contributed by atoms with van der Waals surface area (Å²) in [5.41, 5.74) is 0.571.